The molecule has 5 nitrogen and oxygen atoms in total. The Morgan fingerprint density at radius 2 is 1.81 bits per heavy atom. The lowest BCUT2D eigenvalue weighted by Crippen LogP contribution is -2.40. The summed E-state index contributed by atoms with van der Waals surface area (Å²) in [6.45, 7) is 1.30. The Hall–Kier alpha value is -2.82. The third-order valence-corrected chi connectivity index (χ3v) is 4.66. The number of benzene rings is 2. The van der Waals surface area contributed by atoms with Gasteiger partial charge in [-0.15, -0.1) is 0 Å². The number of rotatable bonds is 6. The lowest BCUT2D eigenvalue weighted by Gasteiger charge is -2.33. The Bertz CT molecular complexity index is 760. The summed E-state index contributed by atoms with van der Waals surface area (Å²) in [6.07, 6.45) is 2.64. The highest BCUT2D eigenvalue weighted by Crippen LogP contribution is 2.28. The minimum Gasteiger partial charge on any atom is -0.481 e. The van der Waals surface area contributed by atoms with Crippen molar-refractivity contribution >= 4 is 11.9 Å². The Morgan fingerprint density at radius 1 is 1.08 bits per heavy atom. The van der Waals surface area contributed by atoms with Crippen LogP contribution in [0.2, 0.25) is 0 Å². The van der Waals surface area contributed by atoms with E-state index in [2.05, 4.69) is 0 Å². The van der Waals surface area contributed by atoms with Crippen LogP contribution in [0.25, 0.3) is 0 Å². The van der Waals surface area contributed by atoms with Crippen LogP contribution in [0.5, 0.6) is 11.5 Å². The maximum absolute atomic E-state index is 13.0. The lowest BCUT2D eigenvalue weighted by atomic mass is 9.93. The summed E-state index contributed by atoms with van der Waals surface area (Å²) in [5, 5.41) is 8.88. The van der Waals surface area contributed by atoms with Crippen molar-refractivity contribution in [1.29, 1.82) is 0 Å². The van der Waals surface area contributed by atoms with Gasteiger partial charge in [0.25, 0.3) is 5.91 Å². The van der Waals surface area contributed by atoms with Crippen molar-refractivity contribution in [3.8, 4) is 11.5 Å². The van der Waals surface area contributed by atoms with Crippen molar-refractivity contribution < 1.29 is 19.4 Å². The van der Waals surface area contributed by atoms with Gasteiger partial charge < -0.3 is 14.7 Å². The van der Waals surface area contributed by atoms with Gasteiger partial charge in [-0.25, -0.2) is 0 Å². The highest BCUT2D eigenvalue weighted by molar-refractivity contribution is 5.97. The quantitative estimate of drug-likeness (QED) is 0.845. The molecule has 1 atom stereocenters. The van der Waals surface area contributed by atoms with E-state index in [0.29, 0.717) is 36.6 Å². The molecular formula is C21H23NO4. The molecule has 1 aliphatic heterocycles. The third-order valence-electron chi connectivity index (χ3n) is 4.66. The van der Waals surface area contributed by atoms with Crippen molar-refractivity contribution in [2.24, 2.45) is 5.92 Å². The van der Waals surface area contributed by atoms with E-state index in [0.717, 1.165) is 12.8 Å². The number of ether oxygens (including phenoxy) is 1. The number of aliphatic carboxylic acids is 1. The fourth-order valence-electron chi connectivity index (χ4n) is 3.33. The summed E-state index contributed by atoms with van der Waals surface area (Å²) in [5.74, 6) is 0.625. The van der Waals surface area contributed by atoms with Gasteiger partial charge in [0.2, 0.25) is 0 Å². The van der Waals surface area contributed by atoms with Crippen LogP contribution in [0.1, 0.15) is 36.0 Å². The fraction of sp³-hybridized carbons (Fsp3) is 0.333. The van der Waals surface area contributed by atoms with E-state index >= 15 is 0 Å². The second kappa shape index (κ2) is 8.52. The molecule has 1 unspecified atom stereocenters. The van der Waals surface area contributed by atoms with Crippen molar-refractivity contribution in [3.05, 3.63) is 60.2 Å². The molecule has 26 heavy (non-hydrogen) atoms. The van der Waals surface area contributed by atoms with E-state index in [4.69, 9.17) is 9.84 Å². The Labute approximate surface area is 153 Å². The molecule has 0 saturated carbocycles. The SMILES string of the molecule is O=C(O)CCC1CCCN(C(=O)c2ccccc2Oc2ccccc2)C1. The normalized spacial score (nSPS) is 16.9. The summed E-state index contributed by atoms with van der Waals surface area (Å²) < 4.78 is 5.90. The van der Waals surface area contributed by atoms with Crippen LogP contribution in [0.3, 0.4) is 0 Å². The first kappa shape index (κ1) is 18.0. The molecule has 1 aliphatic rings. The zero-order valence-electron chi connectivity index (χ0n) is 14.6. The number of carboxylic acids is 1. The Kier molecular flexibility index (Phi) is 5.89. The van der Waals surface area contributed by atoms with Gasteiger partial charge in [-0.3, -0.25) is 9.59 Å². The molecule has 2 aromatic rings. The molecule has 136 valence electrons. The summed E-state index contributed by atoms with van der Waals surface area (Å²) in [6, 6.07) is 16.6. The number of likely N-dealkylation sites (tertiary alicyclic amines) is 1. The van der Waals surface area contributed by atoms with E-state index in [9.17, 15) is 9.59 Å². The molecule has 1 saturated heterocycles. The summed E-state index contributed by atoms with van der Waals surface area (Å²) in [5.41, 5.74) is 0.537. The second-order valence-corrected chi connectivity index (χ2v) is 6.60. The van der Waals surface area contributed by atoms with Gasteiger partial charge in [0.1, 0.15) is 11.5 Å². The molecule has 3 rings (SSSR count). The van der Waals surface area contributed by atoms with E-state index in [-0.39, 0.29) is 18.2 Å². The number of carboxylic acid groups (broad SMARTS) is 1. The molecule has 0 aliphatic carbocycles. The van der Waals surface area contributed by atoms with Gasteiger partial charge in [0, 0.05) is 19.5 Å². The van der Waals surface area contributed by atoms with Crippen molar-refractivity contribution in [2.75, 3.05) is 13.1 Å². The Morgan fingerprint density at radius 3 is 2.58 bits per heavy atom. The molecule has 2 aromatic carbocycles. The highest BCUT2D eigenvalue weighted by Gasteiger charge is 2.26. The first-order chi connectivity index (χ1) is 12.6. The average molecular weight is 353 g/mol. The number of hydrogen-bond acceptors (Lipinski definition) is 3. The van der Waals surface area contributed by atoms with E-state index in [1.165, 1.54) is 0 Å². The summed E-state index contributed by atoms with van der Waals surface area (Å²) >= 11 is 0. The maximum atomic E-state index is 13.0. The molecule has 0 aromatic heterocycles. The van der Waals surface area contributed by atoms with Gasteiger partial charge in [0.15, 0.2) is 0 Å². The smallest absolute Gasteiger partial charge is 0.303 e. The second-order valence-electron chi connectivity index (χ2n) is 6.60. The van der Waals surface area contributed by atoms with Crippen LogP contribution < -0.4 is 4.74 Å². The predicted molar refractivity (Wildman–Crippen MR) is 98.5 cm³/mol. The number of hydrogen-bond donors (Lipinski definition) is 1. The van der Waals surface area contributed by atoms with Crippen molar-refractivity contribution in [1.82, 2.24) is 4.90 Å². The highest BCUT2D eigenvalue weighted by atomic mass is 16.5. The minimum atomic E-state index is -0.782. The number of carbonyl (C=O) groups excluding carboxylic acids is 1. The van der Waals surface area contributed by atoms with Gasteiger partial charge in [-0.05, 0) is 49.4 Å². The lowest BCUT2D eigenvalue weighted by molar-refractivity contribution is -0.137. The summed E-state index contributed by atoms with van der Waals surface area (Å²) in [4.78, 5) is 25.6. The van der Waals surface area contributed by atoms with Crippen molar-refractivity contribution in [3.63, 3.8) is 0 Å². The van der Waals surface area contributed by atoms with Gasteiger partial charge in [0.05, 0.1) is 5.56 Å². The molecule has 0 bridgehead atoms. The van der Waals surface area contributed by atoms with Crippen LogP contribution >= 0.6 is 0 Å². The third kappa shape index (κ3) is 4.63. The monoisotopic (exact) mass is 353 g/mol. The van der Waals surface area contributed by atoms with Gasteiger partial charge in [-0.1, -0.05) is 30.3 Å². The van der Waals surface area contributed by atoms with Crippen molar-refractivity contribution in [2.45, 2.75) is 25.7 Å². The van der Waals surface area contributed by atoms with E-state index < -0.39 is 5.97 Å². The standard InChI is InChI=1S/C21H23NO4/c23-20(24)13-12-16-7-6-14-22(15-16)21(25)18-10-4-5-11-19(18)26-17-8-2-1-3-9-17/h1-5,8-11,16H,6-7,12-15H2,(H,23,24). The van der Waals surface area contributed by atoms with E-state index in [1.807, 2.05) is 47.4 Å². The molecule has 0 spiro atoms. The van der Waals surface area contributed by atoms with Crippen LogP contribution in [0, 0.1) is 5.92 Å². The number of nitrogens with zero attached hydrogens (tertiary/aromatic N) is 1. The molecule has 5 heteroatoms. The number of piperidine rings is 1. The zero-order valence-corrected chi connectivity index (χ0v) is 14.6. The Balaban J connectivity index is 1.72. The van der Waals surface area contributed by atoms with Gasteiger partial charge >= 0.3 is 5.97 Å². The molecule has 1 N–H and O–H groups in total. The first-order valence-corrected chi connectivity index (χ1v) is 8.96. The maximum Gasteiger partial charge on any atom is 0.303 e. The summed E-state index contributed by atoms with van der Waals surface area (Å²) in [7, 11) is 0. The van der Waals surface area contributed by atoms with Crippen LogP contribution in [-0.4, -0.2) is 35.0 Å². The molecule has 1 amide bonds. The van der Waals surface area contributed by atoms with Crippen LogP contribution in [0.15, 0.2) is 54.6 Å². The zero-order chi connectivity index (χ0) is 18.4. The number of amides is 1. The van der Waals surface area contributed by atoms with Gasteiger partial charge in [-0.2, -0.15) is 0 Å². The first-order valence-electron chi connectivity index (χ1n) is 8.96. The largest absolute Gasteiger partial charge is 0.481 e. The number of carbonyl (C=O) groups is 2. The molecule has 0 radical (unpaired) electrons. The molecule has 1 heterocycles. The number of para-hydroxylation sites is 2. The topological polar surface area (TPSA) is 66.8 Å². The van der Waals surface area contributed by atoms with Crippen LogP contribution in [-0.2, 0) is 4.79 Å². The fourth-order valence-corrected chi connectivity index (χ4v) is 3.33. The molecular weight excluding hydrogens is 330 g/mol. The predicted octanol–water partition coefficient (Wildman–Crippen LogP) is 4.20. The van der Waals surface area contributed by atoms with E-state index in [1.54, 1.807) is 12.1 Å². The minimum absolute atomic E-state index is 0.0587. The average Bonchev–Trinajstić information content (AvgIpc) is 2.67. The molecule has 1 fully saturated rings. The van der Waals surface area contributed by atoms with Crippen LogP contribution in [0.4, 0.5) is 0 Å².